The Balaban J connectivity index is 1.84. The molecule has 14 heteroatoms. The molecule has 1 fully saturated rings. The fraction of sp³-hybridized carbons (Fsp3) is 0.323. The Morgan fingerprint density at radius 2 is 1.71 bits per heavy atom. The van der Waals surface area contributed by atoms with Crippen LogP contribution in [0.3, 0.4) is 0 Å². The van der Waals surface area contributed by atoms with Crippen molar-refractivity contribution in [2.75, 3.05) is 31.4 Å². The first-order chi connectivity index (χ1) is 21.3. The lowest BCUT2D eigenvalue weighted by Crippen LogP contribution is -2.38. The highest BCUT2D eigenvalue weighted by molar-refractivity contribution is 7.92. The van der Waals surface area contributed by atoms with E-state index in [1.807, 2.05) is 0 Å². The van der Waals surface area contributed by atoms with Gasteiger partial charge in [-0.05, 0) is 86.3 Å². The van der Waals surface area contributed by atoms with Gasteiger partial charge in [-0.15, -0.1) is 0 Å². The number of benzene rings is 3. The molecule has 1 aliphatic heterocycles. The lowest BCUT2D eigenvalue weighted by Gasteiger charge is -2.32. The monoisotopic (exact) mass is 642 g/mol. The van der Waals surface area contributed by atoms with Gasteiger partial charge in [0.2, 0.25) is 11.8 Å². The molecular formula is C31H35FN4O8S. The number of carbonyl (C=O) groups is 3. The Hall–Kier alpha value is -4.85. The molecule has 0 aliphatic carbocycles. The highest BCUT2D eigenvalue weighted by Crippen LogP contribution is 2.41. The second-order valence-corrected chi connectivity index (χ2v) is 13.2. The predicted molar refractivity (Wildman–Crippen MR) is 165 cm³/mol. The summed E-state index contributed by atoms with van der Waals surface area (Å²) in [5, 5.41) is 13.8. The zero-order valence-corrected chi connectivity index (χ0v) is 26.0. The number of amides is 3. The van der Waals surface area contributed by atoms with Crippen molar-refractivity contribution in [3.05, 3.63) is 77.1 Å². The van der Waals surface area contributed by atoms with Crippen LogP contribution in [-0.2, 0) is 14.6 Å². The summed E-state index contributed by atoms with van der Waals surface area (Å²) in [6.07, 6.45) is -0.408. The quantitative estimate of drug-likeness (QED) is 0.230. The van der Waals surface area contributed by atoms with Gasteiger partial charge in [0, 0.05) is 23.5 Å². The highest BCUT2D eigenvalue weighted by Gasteiger charge is 2.38. The largest absolute Gasteiger partial charge is 0.493 e. The first-order valence-electron chi connectivity index (χ1n) is 14.0. The van der Waals surface area contributed by atoms with E-state index in [2.05, 4.69) is 10.6 Å². The zero-order valence-electron chi connectivity index (χ0n) is 25.2. The number of rotatable bonds is 11. The van der Waals surface area contributed by atoms with E-state index in [0.717, 1.165) is 12.1 Å². The molecule has 1 saturated heterocycles. The molecule has 4 rings (SSSR count). The maximum Gasteiger partial charge on any atom is 0.409 e. The summed E-state index contributed by atoms with van der Waals surface area (Å²) in [5.74, 6) is -1.38. The molecule has 3 aromatic carbocycles. The number of hydrogen-bond acceptors (Lipinski definition) is 8. The fourth-order valence-electron chi connectivity index (χ4n) is 5.34. The normalized spacial score (nSPS) is 15.4. The van der Waals surface area contributed by atoms with E-state index in [-0.39, 0.29) is 33.9 Å². The predicted octanol–water partition coefficient (Wildman–Crippen LogP) is 4.73. The molecule has 45 heavy (non-hydrogen) atoms. The summed E-state index contributed by atoms with van der Waals surface area (Å²) in [6, 6.07) is 10.5. The van der Waals surface area contributed by atoms with Crippen LogP contribution in [0.15, 0.2) is 59.5 Å². The smallest absolute Gasteiger partial charge is 0.409 e. The maximum absolute atomic E-state index is 14.5. The van der Waals surface area contributed by atoms with Gasteiger partial charge in [-0.2, -0.15) is 0 Å². The van der Waals surface area contributed by atoms with Crippen molar-refractivity contribution in [3.63, 3.8) is 0 Å². The van der Waals surface area contributed by atoms with E-state index in [9.17, 15) is 32.3 Å². The Morgan fingerprint density at radius 3 is 2.33 bits per heavy atom. The van der Waals surface area contributed by atoms with Crippen LogP contribution in [0.25, 0.3) is 0 Å². The first kappa shape index (κ1) is 33.1. The molecule has 1 aliphatic rings. The number of anilines is 2. The van der Waals surface area contributed by atoms with Gasteiger partial charge in [0.1, 0.15) is 11.9 Å². The fourth-order valence-corrected chi connectivity index (χ4v) is 6.63. The molecule has 3 aromatic rings. The molecule has 0 unspecified atom stereocenters. The molecule has 5 N–H and O–H groups in total. The third-order valence-corrected chi connectivity index (χ3v) is 9.79. The summed E-state index contributed by atoms with van der Waals surface area (Å²) >= 11 is 0. The number of sulfone groups is 1. The number of nitrogens with zero attached hydrogens (tertiary/aromatic N) is 1. The van der Waals surface area contributed by atoms with Gasteiger partial charge in [-0.1, -0.05) is 6.07 Å². The summed E-state index contributed by atoms with van der Waals surface area (Å²) in [5.41, 5.74) is 6.20. The van der Waals surface area contributed by atoms with Crippen LogP contribution in [0.4, 0.5) is 20.6 Å². The van der Waals surface area contributed by atoms with Crippen LogP contribution < -0.4 is 25.8 Å². The minimum Gasteiger partial charge on any atom is -0.493 e. The second-order valence-electron chi connectivity index (χ2n) is 10.8. The number of carbonyl (C=O) groups excluding carboxylic acids is 2. The van der Waals surface area contributed by atoms with E-state index in [1.54, 1.807) is 18.2 Å². The van der Waals surface area contributed by atoms with Crippen LogP contribution >= 0.6 is 0 Å². The molecule has 12 nitrogen and oxygen atoms in total. The number of methoxy groups -OCH3 is 2. The van der Waals surface area contributed by atoms with Gasteiger partial charge in [0.05, 0.1) is 30.4 Å². The van der Waals surface area contributed by atoms with E-state index < -0.39 is 50.9 Å². The van der Waals surface area contributed by atoms with Crippen LogP contribution in [0, 0.1) is 5.82 Å². The molecule has 0 radical (unpaired) electrons. The standard InChI is InChI=1S/C31H35FN4O8S/c1-17(2)45(41,42)27-10-8-21(35-31(39)40)16-23(27)24-6-5-11-36(24)30(38)28(18-7-9-25(43-3)26(14-18)44-4)34-22-13-19(29(33)37)12-20(32)15-22/h7-10,12-17,24,28,34-35H,5-6,11H2,1-4H3,(H2,33,37)(H,39,40)/t24-,28-/m1/s1. The average Bonchev–Trinajstić information content (AvgIpc) is 3.48. The molecule has 0 spiro atoms. The Labute approximate surface area is 260 Å². The average molecular weight is 643 g/mol. The number of nitrogens with two attached hydrogens (primary N) is 1. The summed E-state index contributed by atoms with van der Waals surface area (Å²) in [4.78, 5) is 39.2. The third kappa shape index (κ3) is 7.11. The lowest BCUT2D eigenvalue weighted by molar-refractivity contribution is -0.133. The van der Waals surface area contributed by atoms with Crippen LogP contribution in [0.2, 0.25) is 0 Å². The molecule has 240 valence electrons. The number of likely N-dealkylation sites (tertiary alicyclic amines) is 1. The topological polar surface area (TPSA) is 177 Å². The molecule has 0 saturated carbocycles. The molecule has 1 heterocycles. The number of ether oxygens (including phenoxy) is 2. The zero-order chi connectivity index (χ0) is 33.1. The number of nitrogens with one attached hydrogen (secondary N) is 2. The van der Waals surface area contributed by atoms with E-state index in [4.69, 9.17) is 15.2 Å². The second kappa shape index (κ2) is 13.4. The SMILES string of the molecule is COc1ccc([C@@H](Nc2cc(F)cc(C(N)=O)c2)C(=O)N2CCC[C@@H]2c2cc(NC(=O)O)ccc2S(=O)(=O)C(C)C)cc1OC. The molecular weight excluding hydrogens is 607 g/mol. The first-order valence-corrected chi connectivity index (χ1v) is 15.6. The molecule has 2 atom stereocenters. The van der Waals surface area contributed by atoms with Gasteiger partial charge in [-0.25, -0.2) is 17.6 Å². The van der Waals surface area contributed by atoms with Gasteiger partial charge in [0.15, 0.2) is 21.3 Å². The minimum atomic E-state index is -3.84. The van der Waals surface area contributed by atoms with Gasteiger partial charge < -0.3 is 30.5 Å². The van der Waals surface area contributed by atoms with E-state index in [0.29, 0.717) is 29.9 Å². The van der Waals surface area contributed by atoms with Crippen LogP contribution in [0.1, 0.15) is 60.3 Å². The summed E-state index contributed by atoms with van der Waals surface area (Å²) in [6.45, 7) is 3.33. The van der Waals surface area contributed by atoms with Crippen molar-refractivity contribution in [2.45, 2.75) is 48.9 Å². The highest BCUT2D eigenvalue weighted by atomic mass is 32.2. The Kier molecular flexibility index (Phi) is 9.86. The van der Waals surface area contributed by atoms with Crippen molar-refractivity contribution in [1.29, 1.82) is 0 Å². The van der Waals surface area contributed by atoms with E-state index >= 15 is 0 Å². The number of halogens is 1. The van der Waals surface area contributed by atoms with Crippen molar-refractivity contribution in [3.8, 4) is 11.5 Å². The van der Waals surface area contributed by atoms with Crippen molar-refractivity contribution >= 4 is 39.1 Å². The Bertz CT molecular complexity index is 1730. The lowest BCUT2D eigenvalue weighted by atomic mass is 10.0. The van der Waals surface area contributed by atoms with Crippen LogP contribution in [-0.4, -0.2) is 62.3 Å². The number of carboxylic acid groups (broad SMARTS) is 1. The van der Waals surface area contributed by atoms with Gasteiger partial charge in [0.25, 0.3) is 0 Å². The molecule has 0 aromatic heterocycles. The summed E-state index contributed by atoms with van der Waals surface area (Å²) in [7, 11) is -0.946. The van der Waals surface area contributed by atoms with Crippen molar-refractivity contribution in [1.82, 2.24) is 4.90 Å². The van der Waals surface area contributed by atoms with Crippen LogP contribution in [0.5, 0.6) is 11.5 Å². The van der Waals surface area contributed by atoms with Gasteiger partial charge >= 0.3 is 6.09 Å². The minimum absolute atomic E-state index is 0.00926. The third-order valence-electron chi connectivity index (χ3n) is 7.56. The molecule has 0 bridgehead atoms. The summed E-state index contributed by atoms with van der Waals surface area (Å²) < 4.78 is 52.1. The van der Waals surface area contributed by atoms with E-state index in [1.165, 1.54) is 57.2 Å². The van der Waals surface area contributed by atoms with Crippen molar-refractivity contribution < 1.29 is 41.8 Å². The number of hydrogen-bond donors (Lipinski definition) is 4. The molecule has 3 amide bonds. The Morgan fingerprint density at radius 1 is 1.00 bits per heavy atom. The van der Waals surface area contributed by atoms with Crippen molar-refractivity contribution in [2.24, 2.45) is 5.73 Å². The maximum atomic E-state index is 14.5. The van der Waals surface area contributed by atoms with Gasteiger partial charge in [-0.3, -0.25) is 14.9 Å². The number of primary amides is 1.